The van der Waals surface area contributed by atoms with Crippen molar-refractivity contribution < 1.29 is 9.72 Å². The van der Waals surface area contributed by atoms with Gasteiger partial charge in [-0.1, -0.05) is 24.3 Å². The fourth-order valence-corrected chi connectivity index (χ4v) is 2.03. The SMILES string of the molecule is O=C1C=Cc2ccccc2C1(Br)[N+](=O)[O-]. The Morgan fingerprint density at radius 2 is 1.93 bits per heavy atom. The highest BCUT2D eigenvalue weighted by atomic mass is 79.9. The van der Waals surface area contributed by atoms with Gasteiger partial charge in [-0.25, -0.2) is 0 Å². The van der Waals surface area contributed by atoms with Gasteiger partial charge in [0.2, 0.25) is 5.78 Å². The highest BCUT2D eigenvalue weighted by molar-refractivity contribution is 9.10. The summed E-state index contributed by atoms with van der Waals surface area (Å²) in [5, 5.41) is 11.0. The lowest BCUT2D eigenvalue weighted by Crippen LogP contribution is -2.38. The Labute approximate surface area is 93.9 Å². The predicted octanol–water partition coefficient (Wildman–Crippen LogP) is 2.11. The Bertz CT molecular complexity index is 483. The third-order valence-electron chi connectivity index (χ3n) is 2.31. The van der Waals surface area contributed by atoms with Crippen LogP contribution in [-0.4, -0.2) is 10.7 Å². The predicted molar refractivity (Wildman–Crippen MR) is 58.1 cm³/mol. The second-order valence-electron chi connectivity index (χ2n) is 3.16. The molecule has 1 aliphatic rings. The summed E-state index contributed by atoms with van der Waals surface area (Å²) in [7, 11) is 0. The number of halogens is 1. The number of hydrogen-bond acceptors (Lipinski definition) is 3. The van der Waals surface area contributed by atoms with Crippen molar-refractivity contribution in [2.24, 2.45) is 0 Å². The quantitative estimate of drug-likeness (QED) is 0.339. The first kappa shape index (κ1) is 10.0. The number of hydrogen-bond donors (Lipinski definition) is 0. The number of nitrogens with zero attached hydrogens (tertiary/aromatic N) is 1. The van der Waals surface area contributed by atoms with E-state index in [1.54, 1.807) is 30.3 Å². The molecule has 4 nitrogen and oxygen atoms in total. The van der Waals surface area contributed by atoms with Crippen LogP contribution in [0.25, 0.3) is 6.08 Å². The van der Waals surface area contributed by atoms with Crippen LogP contribution in [0.15, 0.2) is 30.3 Å². The van der Waals surface area contributed by atoms with Gasteiger partial charge in [0, 0.05) is 15.9 Å². The summed E-state index contributed by atoms with van der Waals surface area (Å²) >= 11 is 2.92. The van der Waals surface area contributed by atoms with Crippen molar-refractivity contribution >= 4 is 27.8 Å². The molecular weight excluding hydrogens is 262 g/mol. The van der Waals surface area contributed by atoms with Crippen molar-refractivity contribution in [3.05, 3.63) is 51.6 Å². The van der Waals surface area contributed by atoms with Gasteiger partial charge >= 0.3 is 4.45 Å². The molecule has 2 rings (SSSR count). The summed E-state index contributed by atoms with van der Waals surface area (Å²) in [5.74, 6) is -0.564. The number of fused-ring (bicyclic) bond motifs is 1. The van der Waals surface area contributed by atoms with E-state index in [0.29, 0.717) is 11.1 Å². The molecule has 0 N–H and O–H groups in total. The molecule has 0 radical (unpaired) electrons. The Morgan fingerprint density at radius 3 is 2.60 bits per heavy atom. The van der Waals surface area contributed by atoms with Gasteiger partial charge < -0.3 is 0 Å². The average Bonchev–Trinajstić information content (AvgIpc) is 2.23. The molecule has 1 aliphatic carbocycles. The minimum Gasteiger partial charge on any atom is -0.285 e. The molecule has 0 heterocycles. The van der Waals surface area contributed by atoms with Crippen LogP contribution in [0.2, 0.25) is 0 Å². The largest absolute Gasteiger partial charge is 0.361 e. The molecule has 76 valence electrons. The van der Waals surface area contributed by atoms with Crippen molar-refractivity contribution in [1.29, 1.82) is 0 Å². The van der Waals surface area contributed by atoms with Gasteiger partial charge in [0.1, 0.15) is 0 Å². The zero-order valence-electron chi connectivity index (χ0n) is 7.51. The number of benzene rings is 1. The molecular formula is C10H6BrNO3. The van der Waals surface area contributed by atoms with Crippen molar-refractivity contribution in [1.82, 2.24) is 0 Å². The van der Waals surface area contributed by atoms with Crippen LogP contribution in [0.3, 0.4) is 0 Å². The lowest BCUT2D eigenvalue weighted by Gasteiger charge is -2.21. The van der Waals surface area contributed by atoms with Gasteiger partial charge in [0.25, 0.3) is 0 Å². The average molecular weight is 268 g/mol. The molecule has 1 unspecified atom stereocenters. The molecule has 1 aromatic carbocycles. The third kappa shape index (κ3) is 1.31. The summed E-state index contributed by atoms with van der Waals surface area (Å²) in [6.45, 7) is 0. The zero-order valence-corrected chi connectivity index (χ0v) is 9.10. The molecule has 0 saturated carbocycles. The smallest absolute Gasteiger partial charge is 0.285 e. The maximum absolute atomic E-state index is 11.5. The lowest BCUT2D eigenvalue weighted by molar-refractivity contribution is -0.526. The molecule has 0 saturated heterocycles. The Kier molecular flexibility index (Phi) is 2.19. The monoisotopic (exact) mass is 267 g/mol. The second-order valence-corrected chi connectivity index (χ2v) is 4.31. The van der Waals surface area contributed by atoms with Gasteiger partial charge in [0.05, 0.1) is 10.5 Å². The van der Waals surface area contributed by atoms with Crippen LogP contribution < -0.4 is 0 Å². The van der Waals surface area contributed by atoms with Gasteiger partial charge in [0.15, 0.2) is 0 Å². The molecule has 0 aliphatic heterocycles. The zero-order chi connectivity index (χ0) is 11.1. The fraction of sp³-hybridized carbons (Fsp3) is 0.100. The number of carbonyl (C=O) groups excluding carboxylic acids is 1. The normalized spacial score (nSPS) is 23.7. The van der Waals surface area contributed by atoms with Crippen molar-refractivity contribution in [2.45, 2.75) is 4.45 Å². The van der Waals surface area contributed by atoms with Crippen molar-refractivity contribution in [2.75, 3.05) is 0 Å². The van der Waals surface area contributed by atoms with Gasteiger partial charge in [-0.15, -0.1) is 0 Å². The van der Waals surface area contributed by atoms with E-state index in [1.165, 1.54) is 6.08 Å². The van der Waals surface area contributed by atoms with Crippen LogP contribution in [0.5, 0.6) is 0 Å². The van der Waals surface area contributed by atoms with Gasteiger partial charge in [-0.2, -0.15) is 0 Å². The molecule has 15 heavy (non-hydrogen) atoms. The summed E-state index contributed by atoms with van der Waals surface area (Å²) in [6.07, 6.45) is 2.81. The first-order chi connectivity index (χ1) is 7.06. The van der Waals surface area contributed by atoms with Gasteiger partial charge in [-0.3, -0.25) is 14.9 Å². The number of alkyl halides is 1. The summed E-state index contributed by atoms with van der Waals surface area (Å²) in [6, 6.07) is 6.75. The number of nitro groups is 1. The Hall–Kier alpha value is -1.49. The summed E-state index contributed by atoms with van der Waals surface area (Å²) in [4.78, 5) is 21.9. The van der Waals surface area contributed by atoms with Gasteiger partial charge in [-0.05, 0) is 17.7 Å². The molecule has 0 spiro atoms. The Morgan fingerprint density at radius 1 is 1.27 bits per heavy atom. The number of rotatable bonds is 1. The highest BCUT2D eigenvalue weighted by Gasteiger charge is 2.51. The van der Waals surface area contributed by atoms with E-state index < -0.39 is 15.2 Å². The van der Waals surface area contributed by atoms with E-state index >= 15 is 0 Å². The van der Waals surface area contributed by atoms with E-state index in [1.807, 2.05) is 0 Å². The molecule has 0 fully saturated rings. The summed E-state index contributed by atoms with van der Waals surface area (Å²) < 4.78 is -1.82. The molecule has 0 amide bonds. The van der Waals surface area contributed by atoms with Crippen LogP contribution in [0.1, 0.15) is 11.1 Å². The van der Waals surface area contributed by atoms with Crippen LogP contribution in [0.4, 0.5) is 0 Å². The maximum atomic E-state index is 11.5. The van der Waals surface area contributed by atoms with Crippen molar-refractivity contribution in [3.63, 3.8) is 0 Å². The minimum absolute atomic E-state index is 0.377. The first-order valence-corrected chi connectivity index (χ1v) is 5.01. The molecule has 0 bridgehead atoms. The molecule has 0 aromatic heterocycles. The van der Waals surface area contributed by atoms with Crippen LogP contribution >= 0.6 is 15.9 Å². The summed E-state index contributed by atoms with van der Waals surface area (Å²) in [5.41, 5.74) is 1.06. The van der Waals surface area contributed by atoms with E-state index in [0.717, 1.165) is 0 Å². The maximum Gasteiger partial charge on any atom is 0.361 e. The van der Waals surface area contributed by atoms with Crippen molar-refractivity contribution in [3.8, 4) is 0 Å². The topological polar surface area (TPSA) is 60.2 Å². The minimum atomic E-state index is -1.82. The first-order valence-electron chi connectivity index (χ1n) is 4.22. The fourth-order valence-electron chi connectivity index (χ4n) is 1.54. The van der Waals surface area contributed by atoms with E-state index in [-0.39, 0.29) is 0 Å². The Balaban J connectivity index is 2.72. The molecule has 1 aromatic rings. The number of carbonyl (C=O) groups is 1. The van der Waals surface area contributed by atoms with E-state index in [2.05, 4.69) is 15.9 Å². The molecule has 1 atom stereocenters. The van der Waals surface area contributed by atoms with E-state index in [9.17, 15) is 14.9 Å². The third-order valence-corrected chi connectivity index (χ3v) is 3.42. The van der Waals surface area contributed by atoms with E-state index in [4.69, 9.17) is 0 Å². The highest BCUT2D eigenvalue weighted by Crippen LogP contribution is 2.38. The molecule has 5 heteroatoms. The number of ketones is 1. The van der Waals surface area contributed by atoms with Crippen LogP contribution in [-0.2, 0) is 9.24 Å². The second kappa shape index (κ2) is 3.27. The van der Waals surface area contributed by atoms with Crippen LogP contribution in [0, 0.1) is 10.1 Å². The lowest BCUT2D eigenvalue weighted by atomic mass is 9.92. The standard InChI is InChI=1S/C10H6BrNO3/c11-10(12(14)15)8-4-2-1-3-7(8)5-6-9(10)13/h1-6H.